The Morgan fingerprint density at radius 3 is 2.20 bits per heavy atom. The van der Waals surface area contributed by atoms with Crippen molar-refractivity contribution >= 4 is 17.6 Å². The predicted molar refractivity (Wildman–Crippen MR) is 116 cm³/mol. The summed E-state index contributed by atoms with van der Waals surface area (Å²) in [6, 6.07) is 5.00. The lowest BCUT2D eigenvalue weighted by Crippen LogP contribution is -2.21. The number of alkyl halides is 3. The molecule has 0 aliphatic carbocycles. The molecule has 0 bridgehead atoms. The number of esters is 1. The fourth-order valence-electron chi connectivity index (χ4n) is 3.08. The molecule has 10 nitrogen and oxygen atoms in total. The number of rotatable bonds is 8. The summed E-state index contributed by atoms with van der Waals surface area (Å²) in [5, 5.41) is 6.54. The summed E-state index contributed by atoms with van der Waals surface area (Å²) in [4.78, 5) is 28.5. The number of hydrogen-bond donors (Lipinski definition) is 1. The number of anilines is 1. The summed E-state index contributed by atoms with van der Waals surface area (Å²) in [5.74, 6) is -0.426. The van der Waals surface area contributed by atoms with Gasteiger partial charge in [0.2, 0.25) is 5.75 Å². The summed E-state index contributed by atoms with van der Waals surface area (Å²) in [6.07, 6.45) is -2.68. The summed E-state index contributed by atoms with van der Waals surface area (Å²) in [5.41, 5.74) is -0.304. The van der Waals surface area contributed by atoms with Gasteiger partial charge in [-0.1, -0.05) is 0 Å². The molecule has 0 saturated carbocycles. The lowest BCUT2D eigenvalue weighted by molar-refractivity contribution is -0.137. The molecule has 1 aromatic carbocycles. The van der Waals surface area contributed by atoms with Crippen molar-refractivity contribution in [1.29, 1.82) is 0 Å². The first-order valence-corrected chi connectivity index (χ1v) is 9.94. The number of benzene rings is 1. The van der Waals surface area contributed by atoms with Crippen LogP contribution in [0.5, 0.6) is 17.2 Å². The highest BCUT2D eigenvalue weighted by atomic mass is 19.4. The number of amides is 1. The smallest absolute Gasteiger partial charge is 0.417 e. The van der Waals surface area contributed by atoms with Crippen molar-refractivity contribution in [3.63, 3.8) is 0 Å². The van der Waals surface area contributed by atoms with Crippen LogP contribution in [0.3, 0.4) is 0 Å². The molecule has 3 aromatic rings. The Morgan fingerprint density at radius 1 is 1.03 bits per heavy atom. The molecule has 186 valence electrons. The van der Waals surface area contributed by atoms with E-state index in [4.69, 9.17) is 18.9 Å². The van der Waals surface area contributed by atoms with Crippen molar-refractivity contribution in [3.8, 4) is 23.1 Å². The van der Waals surface area contributed by atoms with Crippen LogP contribution in [0, 0.1) is 6.92 Å². The van der Waals surface area contributed by atoms with E-state index in [9.17, 15) is 22.8 Å². The van der Waals surface area contributed by atoms with Gasteiger partial charge in [0, 0.05) is 24.0 Å². The minimum Gasteiger partial charge on any atom is -0.493 e. The zero-order valence-electron chi connectivity index (χ0n) is 19.1. The minimum absolute atomic E-state index is 0.0206. The maximum atomic E-state index is 12.7. The normalized spacial score (nSPS) is 11.1. The Morgan fingerprint density at radius 2 is 1.69 bits per heavy atom. The number of hydrogen-bond acceptors (Lipinski definition) is 8. The van der Waals surface area contributed by atoms with Gasteiger partial charge in [0.15, 0.2) is 23.9 Å². The van der Waals surface area contributed by atoms with Gasteiger partial charge in [-0.25, -0.2) is 14.5 Å². The average molecular weight is 494 g/mol. The van der Waals surface area contributed by atoms with Crippen LogP contribution >= 0.6 is 0 Å². The second-order valence-corrected chi connectivity index (χ2v) is 7.00. The third-order valence-corrected chi connectivity index (χ3v) is 4.80. The van der Waals surface area contributed by atoms with Crippen LogP contribution in [0.25, 0.3) is 5.82 Å². The quantitative estimate of drug-likeness (QED) is 0.474. The molecule has 0 unspecified atom stereocenters. The number of ether oxygens (including phenoxy) is 4. The second kappa shape index (κ2) is 10.3. The molecule has 0 radical (unpaired) electrons. The molecule has 13 heteroatoms. The van der Waals surface area contributed by atoms with Crippen LogP contribution in [0.1, 0.15) is 21.6 Å². The second-order valence-electron chi connectivity index (χ2n) is 7.00. The predicted octanol–water partition coefficient (Wildman–Crippen LogP) is 3.42. The van der Waals surface area contributed by atoms with Gasteiger partial charge < -0.3 is 24.3 Å². The zero-order chi connectivity index (χ0) is 25.8. The molecule has 2 aromatic heterocycles. The molecular weight excluding hydrogens is 473 g/mol. The van der Waals surface area contributed by atoms with E-state index in [1.807, 2.05) is 0 Å². The number of methoxy groups -OCH3 is 3. The Kier molecular flexibility index (Phi) is 7.47. The van der Waals surface area contributed by atoms with Crippen LogP contribution < -0.4 is 19.5 Å². The molecule has 1 amide bonds. The molecule has 0 saturated heterocycles. The van der Waals surface area contributed by atoms with E-state index in [2.05, 4.69) is 15.4 Å². The molecule has 0 atom stereocenters. The standard InChI is InChI=1S/C22H21F3N4O6/c1-12-15(10-27-29(12)18-6-5-13(9-26-18)22(23,24)25)21(31)35-11-19(30)28-14-7-16(32-2)20(34-4)17(8-14)33-3/h5-10H,11H2,1-4H3,(H,28,30). The Bertz CT molecular complexity index is 1200. The lowest BCUT2D eigenvalue weighted by atomic mass is 10.2. The maximum absolute atomic E-state index is 12.7. The SMILES string of the molecule is COc1cc(NC(=O)COC(=O)c2cnn(-c3ccc(C(F)(F)F)cn3)c2C)cc(OC)c1OC. The number of pyridine rings is 1. The van der Waals surface area contributed by atoms with Gasteiger partial charge in [0.05, 0.1) is 38.8 Å². The van der Waals surface area contributed by atoms with Crippen molar-refractivity contribution in [2.45, 2.75) is 13.1 Å². The fraction of sp³-hybridized carbons (Fsp3) is 0.273. The van der Waals surface area contributed by atoms with Crippen molar-refractivity contribution < 1.29 is 41.7 Å². The molecular formula is C22H21F3N4O6. The highest BCUT2D eigenvalue weighted by molar-refractivity contribution is 5.96. The Hall–Kier alpha value is -4.29. The summed E-state index contributed by atoms with van der Waals surface area (Å²) >= 11 is 0. The van der Waals surface area contributed by atoms with Gasteiger partial charge in [0.1, 0.15) is 5.56 Å². The maximum Gasteiger partial charge on any atom is 0.417 e. The number of aromatic nitrogens is 3. The summed E-state index contributed by atoms with van der Waals surface area (Å²) in [6.45, 7) is 0.900. The lowest BCUT2D eigenvalue weighted by Gasteiger charge is -2.14. The highest BCUT2D eigenvalue weighted by Gasteiger charge is 2.31. The molecule has 1 N–H and O–H groups in total. The van der Waals surface area contributed by atoms with Gasteiger partial charge in [-0.05, 0) is 19.1 Å². The van der Waals surface area contributed by atoms with Crippen molar-refractivity contribution in [3.05, 3.63) is 53.5 Å². The van der Waals surface area contributed by atoms with E-state index in [0.717, 1.165) is 12.1 Å². The topological polar surface area (TPSA) is 114 Å². The van der Waals surface area contributed by atoms with Gasteiger partial charge in [-0.2, -0.15) is 18.3 Å². The van der Waals surface area contributed by atoms with Crippen LogP contribution in [-0.2, 0) is 15.7 Å². The molecule has 0 aliphatic rings. The molecule has 3 rings (SSSR count). The Balaban J connectivity index is 1.66. The largest absolute Gasteiger partial charge is 0.493 e. The minimum atomic E-state index is -4.53. The van der Waals surface area contributed by atoms with Gasteiger partial charge in [0.25, 0.3) is 5.91 Å². The fourth-order valence-corrected chi connectivity index (χ4v) is 3.08. The first-order chi connectivity index (χ1) is 16.6. The molecule has 35 heavy (non-hydrogen) atoms. The first kappa shape index (κ1) is 25.3. The van der Waals surface area contributed by atoms with Crippen molar-refractivity contribution in [1.82, 2.24) is 14.8 Å². The molecule has 0 fully saturated rings. The van der Waals surface area contributed by atoms with Gasteiger partial charge in [-0.3, -0.25) is 4.79 Å². The summed E-state index contributed by atoms with van der Waals surface area (Å²) in [7, 11) is 4.29. The highest BCUT2D eigenvalue weighted by Crippen LogP contribution is 2.39. The first-order valence-electron chi connectivity index (χ1n) is 9.94. The number of nitrogens with one attached hydrogen (secondary N) is 1. The Labute approximate surface area is 197 Å². The molecule has 0 aliphatic heterocycles. The number of carbonyl (C=O) groups is 2. The van der Waals surface area contributed by atoms with E-state index < -0.39 is 30.2 Å². The molecule has 0 spiro atoms. The number of nitrogens with zero attached hydrogens (tertiary/aromatic N) is 3. The van der Waals surface area contributed by atoms with Gasteiger partial charge in [-0.15, -0.1) is 0 Å². The third-order valence-electron chi connectivity index (χ3n) is 4.80. The monoisotopic (exact) mass is 494 g/mol. The molecule has 2 heterocycles. The van der Waals surface area contributed by atoms with Crippen LogP contribution in [0.2, 0.25) is 0 Å². The van der Waals surface area contributed by atoms with Gasteiger partial charge >= 0.3 is 12.1 Å². The number of halogens is 3. The average Bonchev–Trinajstić information content (AvgIpc) is 3.22. The van der Waals surface area contributed by atoms with E-state index in [-0.39, 0.29) is 17.1 Å². The van der Waals surface area contributed by atoms with Crippen molar-refractivity contribution in [2.24, 2.45) is 0 Å². The van der Waals surface area contributed by atoms with E-state index in [1.54, 1.807) is 0 Å². The van der Waals surface area contributed by atoms with E-state index in [1.165, 1.54) is 51.3 Å². The van der Waals surface area contributed by atoms with Crippen molar-refractivity contribution in [2.75, 3.05) is 33.3 Å². The zero-order valence-corrected chi connectivity index (χ0v) is 19.1. The van der Waals surface area contributed by atoms with Crippen LogP contribution in [0.15, 0.2) is 36.7 Å². The number of carbonyl (C=O) groups excluding carboxylic acids is 2. The third kappa shape index (κ3) is 5.62. The summed E-state index contributed by atoms with van der Waals surface area (Å²) < 4.78 is 60.1. The van der Waals surface area contributed by atoms with Crippen LogP contribution in [-0.4, -0.2) is 54.6 Å². The van der Waals surface area contributed by atoms with Crippen LogP contribution in [0.4, 0.5) is 18.9 Å². The van der Waals surface area contributed by atoms with E-state index >= 15 is 0 Å². The van der Waals surface area contributed by atoms with E-state index in [0.29, 0.717) is 29.1 Å².